The van der Waals surface area contributed by atoms with Gasteiger partial charge in [0.05, 0.1) is 19.3 Å². The summed E-state index contributed by atoms with van der Waals surface area (Å²) in [5.74, 6) is 0.732. The van der Waals surface area contributed by atoms with E-state index in [1.165, 1.54) is 0 Å². The lowest BCUT2D eigenvalue weighted by atomic mass is 10.2. The number of imidazole rings is 1. The average Bonchev–Trinajstić information content (AvgIpc) is 2.89. The molecule has 0 N–H and O–H groups in total. The number of rotatable bonds is 4. The minimum Gasteiger partial charge on any atom is -0.497 e. The van der Waals surface area contributed by atoms with E-state index in [0.717, 1.165) is 17.0 Å². The van der Waals surface area contributed by atoms with E-state index in [1.54, 1.807) is 28.6 Å². The van der Waals surface area contributed by atoms with Crippen molar-refractivity contribution in [2.75, 3.05) is 7.11 Å². The Balaban J connectivity index is 1.94. The summed E-state index contributed by atoms with van der Waals surface area (Å²) in [5, 5.41) is 0. The maximum absolute atomic E-state index is 12.5. The largest absolute Gasteiger partial charge is 0.497 e. The Morgan fingerprint density at radius 1 is 1.00 bits per heavy atom. The zero-order valence-electron chi connectivity index (χ0n) is 11.8. The maximum Gasteiger partial charge on any atom is 0.333 e. The fourth-order valence-corrected chi connectivity index (χ4v) is 2.27. The molecule has 1 aromatic heterocycles. The van der Waals surface area contributed by atoms with Crippen LogP contribution in [0, 0.1) is 0 Å². The van der Waals surface area contributed by atoms with Gasteiger partial charge in [-0.25, -0.2) is 4.79 Å². The molecule has 0 fully saturated rings. The van der Waals surface area contributed by atoms with Crippen molar-refractivity contribution in [3.05, 3.63) is 83.0 Å². The summed E-state index contributed by atoms with van der Waals surface area (Å²) in [6.07, 6.45) is 3.58. The van der Waals surface area contributed by atoms with Crippen molar-refractivity contribution in [2.24, 2.45) is 0 Å². The number of hydrogen-bond donors (Lipinski definition) is 0. The number of ether oxygens (including phenoxy) is 1. The van der Waals surface area contributed by atoms with E-state index in [1.807, 2.05) is 54.6 Å². The van der Waals surface area contributed by atoms with Crippen LogP contribution in [0.15, 0.2) is 71.8 Å². The van der Waals surface area contributed by atoms with Gasteiger partial charge in [0.2, 0.25) is 0 Å². The first-order valence-electron chi connectivity index (χ1n) is 6.74. The second-order valence-electron chi connectivity index (χ2n) is 4.77. The topological polar surface area (TPSA) is 36.2 Å². The summed E-state index contributed by atoms with van der Waals surface area (Å²) >= 11 is 0. The third-order valence-corrected chi connectivity index (χ3v) is 3.37. The Hall–Kier alpha value is -2.75. The SMILES string of the molecule is COc1cccc(-n2ccn(Cc3ccccc3)c2=O)c1. The predicted octanol–water partition coefficient (Wildman–Crippen LogP) is 2.70. The molecule has 21 heavy (non-hydrogen) atoms. The van der Waals surface area contributed by atoms with Crippen LogP contribution < -0.4 is 10.4 Å². The number of methoxy groups -OCH3 is 1. The Labute approximate surface area is 122 Å². The molecule has 4 nitrogen and oxygen atoms in total. The van der Waals surface area contributed by atoms with E-state index in [2.05, 4.69) is 0 Å². The summed E-state index contributed by atoms with van der Waals surface area (Å²) in [5.41, 5.74) is 1.83. The molecular formula is C17H16N2O2. The Kier molecular flexibility index (Phi) is 3.60. The quantitative estimate of drug-likeness (QED) is 0.736. The van der Waals surface area contributed by atoms with Gasteiger partial charge in [0.25, 0.3) is 0 Å². The predicted molar refractivity (Wildman–Crippen MR) is 82.1 cm³/mol. The van der Waals surface area contributed by atoms with Crippen LogP contribution in [0.3, 0.4) is 0 Å². The van der Waals surface area contributed by atoms with Gasteiger partial charge >= 0.3 is 5.69 Å². The molecule has 0 aliphatic heterocycles. The molecule has 0 saturated carbocycles. The highest BCUT2D eigenvalue weighted by Crippen LogP contribution is 2.15. The smallest absolute Gasteiger partial charge is 0.333 e. The summed E-state index contributed by atoms with van der Waals surface area (Å²) in [6, 6.07) is 17.4. The van der Waals surface area contributed by atoms with Gasteiger partial charge in [-0.05, 0) is 17.7 Å². The fourth-order valence-electron chi connectivity index (χ4n) is 2.27. The van der Waals surface area contributed by atoms with Crippen molar-refractivity contribution in [1.29, 1.82) is 0 Å². The molecule has 0 unspecified atom stereocenters. The van der Waals surface area contributed by atoms with E-state index >= 15 is 0 Å². The Morgan fingerprint density at radius 2 is 1.81 bits per heavy atom. The lowest BCUT2D eigenvalue weighted by Gasteiger charge is -2.05. The molecule has 0 atom stereocenters. The molecule has 0 spiro atoms. The first-order valence-corrected chi connectivity index (χ1v) is 6.74. The number of hydrogen-bond acceptors (Lipinski definition) is 2. The summed E-state index contributed by atoms with van der Waals surface area (Å²) in [6.45, 7) is 0.566. The van der Waals surface area contributed by atoms with E-state index in [0.29, 0.717) is 6.54 Å². The zero-order valence-corrected chi connectivity index (χ0v) is 11.8. The Bertz CT molecular complexity index is 788. The summed E-state index contributed by atoms with van der Waals surface area (Å²) in [7, 11) is 1.61. The van der Waals surface area contributed by atoms with Crippen LogP contribution >= 0.6 is 0 Å². The molecule has 0 amide bonds. The molecule has 1 heterocycles. The van der Waals surface area contributed by atoms with Gasteiger partial charge in [0.1, 0.15) is 5.75 Å². The van der Waals surface area contributed by atoms with Crippen LogP contribution in [0.1, 0.15) is 5.56 Å². The van der Waals surface area contributed by atoms with Crippen molar-refractivity contribution < 1.29 is 4.74 Å². The van der Waals surface area contributed by atoms with Gasteiger partial charge in [-0.2, -0.15) is 0 Å². The summed E-state index contributed by atoms with van der Waals surface area (Å²) in [4.78, 5) is 12.5. The molecule has 2 aromatic carbocycles. The lowest BCUT2D eigenvalue weighted by molar-refractivity contribution is 0.414. The number of aromatic nitrogens is 2. The minimum absolute atomic E-state index is 0.0629. The van der Waals surface area contributed by atoms with Gasteiger partial charge < -0.3 is 4.74 Å². The van der Waals surface area contributed by atoms with E-state index in [-0.39, 0.29) is 5.69 Å². The summed E-state index contributed by atoms with van der Waals surface area (Å²) < 4.78 is 8.50. The van der Waals surface area contributed by atoms with Gasteiger partial charge in [-0.1, -0.05) is 36.4 Å². The maximum atomic E-state index is 12.5. The fraction of sp³-hybridized carbons (Fsp3) is 0.118. The molecule has 0 bridgehead atoms. The Morgan fingerprint density at radius 3 is 2.57 bits per heavy atom. The lowest BCUT2D eigenvalue weighted by Crippen LogP contribution is -2.23. The first-order chi connectivity index (χ1) is 10.3. The first kappa shape index (κ1) is 13.2. The second-order valence-corrected chi connectivity index (χ2v) is 4.77. The molecular weight excluding hydrogens is 264 g/mol. The van der Waals surface area contributed by atoms with Crippen molar-refractivity contribution in [2.45, 2.75) is 6.54 Å². The standard InChI is InChI=1S/C17H16N2O2/c1-21-16-9-5-8-15(12-16)19-11-10-18(17(19)20)13-14-6-3-2-4-7-14/h2-12H,13H2,1H3. The third kappa shape index (κ3) is 2.74. The molecule has 0 aliphatic rings. The van der Waals surface area contributed by atoms with Crippen molar-refractivity contribution in [1.82, 2.24) is 9.13 Å². The van der Waals surface area contributed by atoms with Crippen LogP contribution in [-0.4, -0.2) is 16.2 Å². The van der Waals surface area contributed by atoms with Gasteiger partial charge in [0, 0.05) is 18.5 Å². The third-order valence-electron chi connectivity index (χ3n) is 3.37. The average molecular weight is 280 g/mol. The van der Waals surface area contributed by atoms with Crippen LogP contribution in [0.5, 0.6) is 5.75 Å². The molecule has 106 valence electrons. The highest BCUT2D eigenvalue weighted by molar-refractivity contribution is 5.39. The van der Waals surface area contributed by atoms with Crippen molar-refractivity contribution in [3.63, 3.8) is 0 Å². The van der Waals surface area contributed by atoms with Gasteiger partial charge in [-0.3, -0.25) is 9.13 Å². The van der Waals surface area contributed by atoms with Crippen molar-refractivity contribution in [3.8, 4) is 11.4 Å². The van der Waals surface area contributed by atoms with E-state index in [9.17, 15) is 4.79 Å². The molecule has 0 saturated heterocycles. The van der Waals surface area contributed by atoms with Crippen LogP contribution in [0.2, 0.25) is 0 Å². The monoisotopic (exact) mass is 280 g/mol. The highest BCUT2D eigenvalue weighted by Gasteiger charge is 2.06. The molecule has 4 heteroatoms. The van der Waals surface area contributed by atoms with Crippen LogP contribution in [0.25, 0.3) is 5.69 Å². The van der Waals surface area contributed by atoms with Crippen LogP contribution in [-0.2, 0) is 6.54 Å². The number of nitrogens with zero attached hydrogens (tertiary/aromatic N) is 2. The van der Waals surface area contributed by atoms with Gasteiger partial charge in [-0.15, -0.1) is 0 Å². The normalized spacial score (nSPS) is 10.5. The minimum atomic E-state index is -0.0629. The highest BCUT2D eigenvalue weighted by atomic mass is 16.5. The van der Waals surface area contributed by atoms with E-state index in [4.69, 9.17) is 4.74 Å². The zero-order chi connectivity index (χ0) is 14.7. The van der Waals surface area contributed by atoms with E-state index < -0.39 is 0 Å². The second kappa shape index (κ2) is 5.71. The number of benzene rings is 2. The molecule has 0 radical (unpaired) electrons. The van der Waals surface area contributed by atoms with Gasteiger partial charge in [0.15, 0.2) is 0 Å². The van der Waals surface area contributed by atoms with Crippen molar-refractivity contribution >= 4 is 0 Å². The molecule has 0 aliphatic carbocycles. The molecule has 3 rings (SSSR count). The molecule has 3 aromatic rings. The van der Waals surface area contributed by atoms with Crippen LogP contribution in [0.4, 0.5) is 0 Å².